The van der Waals surface area contributed by atoms with Crippen LogP contribution in [0.15, 0.2) is 28.7 Å². The SMILES string of the molecule is CCC[C@@H](N)c1cc2cccc(F)c2o1. The second-order valence-electron chi connectivity index (χ2n) is 3.70. The van der Waals surface area contributed by atoms with Crippen molar-refractivity contribution in [2.45, 2.75) is 25.8 Å². The van der Waals surface area contributed by atoms with Crippen molar-refractivity contribution in [1.82, 2.24) is 0 Å². The number of hydrogen-bond acceptors (Lipinski definition) is 2. The van der Waals surface area contributed by atoms with E-state index in [1.807, 2.05) is 12.1 Å². The van der Waals surface area contributed by atoms with Crippen molar-refractivity contribution in [3.05, 3.63) is 35.8 Å². The number of furan rings is 1. The summed E-state index contributed by atoms with van der Waals surface area (Å²) in [5.74, 6) is 0.333. The van der Waals surface area contributed by atoms with Crippen molar-refractivity contribution >= 4 is 11.0 Å². The predicted octanol–water partition coefficient (Wildman–Crippen LogP) is 3.37. The molecule has 0 fully saturated rings. The molecule has 2 aromatic rings. The molecule has 0 unspecified atom stereocenters. The van der Waals surface area contributed by atoms with Crippen LogP contribution in [0, 0.1) is 5.82 Å². The van der Waals surface area contributed by atoms with Crippen molar-refractivity contribution < 1.29 is 8.81 Å². The minimum atomic E-state index is -0.331. The van der Waals surface area contributed by atoms with E-state index in [0.717, 1.165) is 18.2 Å². The highest BCUT2D eigenvalue weighted by Gasteiger charge is 2.12. The average molecular weight is 207 g/mol. The highest BCUT2D eigenvalue weighted by atomic mass is 19.1. The van der Waals surface area contributed by atoms with Crippen LogP contribution < -0.4 is 5.73 Å². The van der Waals surface area contributed by atoms with E-state index in [0.29, 0.717) is 11.3 Å². The van der Waals surface area contributed by atoms with Crippen molar-refractivity contribution in [3.63, 3.8) is 0 Å². The van der Waals surface area contributed by atoms with Gasteiger partial charge in [-0.1, -0.05) is 25.5 Å². The van der Waals surface area contributed by atoms with Crippen molar-refractivity contribution in [3.8, 4) is 0 Å². The van der Waals surface area contributed by atoms with Gasteiger partial charge >= 0.3 is 0 Å². The molecular formula is C12H14FNO. The second kappa shape index (κ2) is 4.03. The van der Waals surface area contributed by atoms with Crippen LogP contribution in [-0.2, 0) is 0 Å². The summed E-state index contributed by atoms with van der Waals surface area (Å²) in [6, 6.07) is 6.56. The summed E-state index contributed by atoms with van der Waals surface area (Å²) in [7, 11) is 0. The number of fused-ring (bicyclic) bond motifs is 1. The first-order chi connectivity index (χ1) is 7.22. The van der Waals surface area contributed by atoms with E-state index in [4.69, 9.17) is 10.2 Å². The lowest BCUT2D eigenvalue weighted by atomic mass is 10.1. The van der Waals surface area contributed by atoms with Gasteiger partial charge in [0.25, 0.3) is 0 Å². The Bertz CT molecular complexity index is 464. The number of rotatable bonds is 3. The Labute approximate surface area is 87.9 Å². The first-order valence-electron chi connectivity index (χ1n) is 5.16. The van der Waals surface area contributed by atoms with E-state index in [1.165, 1.54) is 6.07 Å². The van der Waals surface area contributed by atoms with Crippen LogP contribution in [-0.4, -0.2) is 0 Å². The van der Waals surface area contributed by atoms with Gasteiger partial charge in [0.05, 0.1) is 6.04 Å². The van der Waals surface area contributed by atoms with Crippen LogP contribution in [0.4, 0.5) is 4.39 Å². The van der Waals surface area contributed by atoms with Gasteiger partial charge in [-0.05, 0) is 18.6 Å². The molecule has 2 nitrogen and oxygen atoms in total. The van der Waals surface area contributed by atoms with Gasteiger partial charge in [0.2, 0.25) is 0 Å². The number of benzene rings is 1. The number of para-hydroxylation sites is 1. The maximum Gasteiger partial charge on any atom is 0.169 e. The highest BCUT2D eigenvalue weighted by molar-refractivity contribution is 5.78. The topological polar surface area (TPSA) is 39.2 Å². The minimum Gasteiger partial charge on any atom is -0.456 e. The van der Waals surface area contributed by atoms with Gasteiger partial charge in [0, 0.05) is 5.39 Å². The maximum absolute atomic E-state index is 13.3. The van der Waals surface area contributed by atoms with Gasteiger partial charge in [-0.25, -0.2) is 4.39 Å². The predicted molar refractivity (Wildman–Crippen MR) is 58.0 cm³/mol. The van der Waals surface area contributed by atoms with Gasteiger partial charge in [-0.2, -0.15) is 0 Å². The lowest BCUT2D eigenvalue weighted by molar-refractivity contribution is 0.463. The summed E-state index contributed by atoms with van der Waals surface area (Å²) in [5.41, 5.74) is 6.21. The van der Waals surface area contributed by atoms with Crippen molar-refractivity contribution in [1.29, 1.82) is 0 Å². The molecule has 0 aliphatic rings. The Morgan fingerprint density at radius 3 is 2.93 bits per heavy atom. The summed E-state index contributed by atoms with van der Waals surface area (Å²) < 4.78 is 18.7. The van der Waals surface area contributed by atoms with Crippen LogP contribution >= 0.6 is 0 Å². The fourth-order valence-electron chi connectivity index (χ4n) is 1.68. The lowest BCUT2D eigenvalue weighted by Gasteiger charge is -2.04. The van der Waals surface area contributed by atoms with Crippen LogP contribution in [0.3, 0.4) is 0 Å². The standard InChI is InChI=1S/C12H14FNO/c1-2-4-10(14)11-7-8-5-3-6-9(13)12(8)15-11/h3,5-7,10H,2,4,14H2,1H3/t10-/m1/s1. The first kappa shape index (κ1) is 10.2. The molecule has 80 valence electrons. The average Bonchev–Trinajstić information content (AvgIpc) is 2.63. The molecule has 1 heterocycles. The third-order valence-corrected chi connectivity index (χ3v) is 2.48. The highest BCUT2D eigenvalue weighted by Crippen LogP contribution is 2.26. The summed E-state index contributed by atoms with van der Waals surface area (Å²) in [4.78, 5) is 0. The van der Waals surface area contributed by atoms with Crippen molar-refractivity contribution in [2.75, 3.05) is 0 Å². The molecule has 1 aromatic heterocycles. The molecule has 0 aliphatic carbocycles. The van der Waals surface area contributed by atoms with Crippen LogP contribution in [0.25, 0.3) is 11.0 Å². The fourth-order valence-corrected chi connectivity index (χ4v) is 1.68. The molecular weight excluding hydrogens is 193 g/mol. The number of hydrogen-bond donors (Lipinski definition) is 1. The maximum atomic E-state index is 13.3. The van der Waals surface area contributed by atoms with Gasteiger partial charge in [-0.3, -0.25) is 0 Å². The van der Waals surface area contributed by atoms with E-state index in [9.17, 15) is 4.39 Å². The molecule has 2 rings (SSSR count). The Morgan fingerprint density at radius 2 is 2.27 bits per heavy atom. The van der Waals surface area contributed by atoms with E-state index < -0.39 is 0 Å². The summed E-state index contributed by atoms with van der Waals surface area (Å²) >= 11 is 0. The van der Waals surface area contributed by atoms with E-state index in [2.05, 4.69) is 6.92 Å². The molecule has 3 heteroatoms. The van der Waals surface area contributed by atoms with Crippen LogP contribution in [0.1, 0.15) is 31.6 Å². The second-order valence-corrected chi connectivity index (χ2v) is 3.70. The molecule has 2 N–H and O–H groups in total. The molecule has 0 amide bonds. The zero-order valence-corrected chi connectivity index (χ0v) is 8.66. The third-order valence-electron chi connectivity index (χ3n) is 2.48. The fraction of sp³-hybridized carbons (Fsp3) is 0.333. The Hall–Kier alpha value is -1.35. The molecule has 0 spiro atoms. The van der Waals surface area contributed by atoms with Gasteiger partial charge in [0.15, 0.2) is 11.4 Å². The van der Waals surface area contributed by atoms with E-state index >= 15 is 0 Å². The molecule has 1 atom stereocenters. The quantitative estimate of drug-likeness (QED) is 0.838. The Balaban J connectivity index is 2.43. The third kappa shape index (κ3) is 1.88. The zero-order chi connectivity index (χ0) is 10.8. The Morgan fingerprint density at radius 1 is 1.47 bits per heavy atom. The van der Waals surface area contributed by atoms with Gasteiger partial charge in [0.1, 0.15) is 5.76 Å². The minimum absolute atomic E-state index is 0.137. The molecule has 0 saturated carbocycles. The molecule has 0 saturated heterocycles. The smallest absolute Gasteiger partial charge is 0.169 e. The number of halogens is 1. The molecule has 15 heavy (non-hydrogen) atoms. The molecule has 0 aliphatic heterocycles. The lowest BCUT2D eigenvalue weighted by Crippen LogP contribution is -2.08. The zero-order valence-electron chi connectivity index (χ0n) is 8.66. The van der Waals surface area contributed by atoms with Crippen LogP contribution in [0.5, 0.6) is 0 Å². The molecule has 1 aromatic carbocycles. The Kier molecular flexibility index (Phi) is 2.73. The van der Waals surface area contributed by atoms with E-state index in [-0.39, 0.29) is 11.9 Å². The largest absolute Gasteiger partial charge is 0.456 e. The monoisotopic (exact) mass is 207 g/mol. The van der Waals surface area contributed by atoms with E-state index in [1.54, 1.807) is 6.07 Å². The van der Waals surface area contributed by atoms with Crippen molar-refractivity contribution in [2.24, 2.45) is 5.73 Å². The molecule has 0 radical (unpaired) electrons. The first-order valence-corrected chi connectivity index (χ1v) is 5.16. The number of nitrogens with two attached hydrogens (primary N) is 1. The normalized spacial score (nSPS) is 13.3. The van der Waals surface area contributed by atoms with Crippen LogP contribution in [0.2, 0.25) is 0 Å². The molecule has 0 bridgehead atoms. The van der Waals surface area contributed by atoms with Gasteiger partial charge < -0.3 is 10.2 Å². The summed E-state index contributed by atoms with van der Waals surface area (Å²) in [6.07, 6.45) is 1.84. The summed E-state index contributed by atoms with van der Waals surface area (Å²) in [6.45, 7) is 2.06. The summed E-state index contributed by atoms with van der Waals surface area (Å²) in [5, 5.41) is 0.775. The van der Waals surface area contributed by atoms with Gasteiger partial charge in [-0.15, -0.1) is 0 Å².